The first-order valence-corrected chi connectivity index (χ1v) is 9.54. The zero-order chi connectivity index (χ0) is 17.1. The largest absolute Gasteiger partial charge is 0.330 e. The van der Waals surface area contributed by atoms with Gasteiger partial charge in [0, 0.05) is 37.1 Å². The first-order valence-electron chi connectivity index (χ1n) is 8.66. The first kappa shape index (κ1) is 16.4. The Labute approximate surface area is 152 Å². The van der Waals surface area contributed by atoms with Gasteiger partial charge in [0.05, 0.1) is 11.4 Å². The van der Waals surface area contributed by atoms with Crippen LogP contribution in [0.4, 0.5) is 0 Å². The van der Waals surface area contributed by atoms with E-state index in [9.17, 15) is 0 Å². The summed E-state index contributed by atoms with van der Waals surface area (Å²) in [7, 11) is 0. The third-order valence-electron chi connectivity index (χ3n) is 4.87. The number of benzene rings is 1. The molecule has 1 saturated heterocycles. The van der Waals surface area contributed by atoms with E-state index in [1.54, 1.807) is 11.3 Å². The molecule has 2 N–H and O–H groups in total. The van der Waals surface area contributed by atoms with Crippen molar-refractivity contribution >= 4 is 11.3 Å². The Hall–Kier alpha value is -2.08. The van der Waals surface area contributed by atoms with Crippen molar-refractivity contribution in [1.29, 1.82) is 0 Å². The van der Waals surface area contributed by atoms with Crippen molar-refractivity contribution in [2.24, 2.45) is 11.7 Å². The van der Waals surface area contributed by atoms with Gasteiger partial charge in [-0.2, -0.15) is 0 Å². The van der Waals surface area contributed by atoms with Crippen LogP contribution in [-0.2, 0) is 6.54 Å². The molecule has 2 atom stereocenters. The van der Waals surface area contributed by atoms with Crippen LogP contribution in [0.5, 0.6) is 0 Å². The Balaban J connectivity index is 1.46. The topological polar surface area (TPSA) is 55.0 Å². The third-order valence-corrected chi connectivity index (χ3v) is 5.78. The van der Waals surface area contributed by atoms with Crippen LogP contribution < -0.4 is 5.73 Å². The summed E-state index contributed by atoms with van der Waals surface area (Å²) in [6.45, 7) is 3.68. The maximum absolute atomic E-state index is 6.05. The SMILES string of the molecule is NC[C@@H]1CN(Cc2csc(-c3ccccn3)n2)C[C@H]1c1ccccc1. The maximum atomic E-state index is 6.05. The molecule has 25 heavy (non-hydrogen) atoms. The van der Waals surface area contributed by atoms with Crippen molar-refractivity contribution in [3.63, 3.8) is 0 Å². The molecule has 0 amide bonds. The molecule has 0 radical (unpaired) electrons. The minimum atomic E-state index is 0.510. The number of nitrogens with zero attached hydrogens (tertiary/aromatic N) is 3. The summed E-state index contributed by atoms with van der Waals surface area (Å²) in [6, 6.07) is 16.7. The molecule has 0 unspecified atom stereocenters. The highest BCUT2D eigenvalue weighted by Crippen LogP contribution is 2.33. The fourth-order valence-corrected chi connectivity index (χ4v) is 4.41. The van der Waals surface area contributed by atoms with Gasteiger partial charge in [0.1, 0.15) is 5.01 Å². The zero-order valence-corrected chi connectivity index (χ0v) is 14.9. The summed E-state index contributed by atoms with van der Waals surface area (Å²) in [6.07, 6.45) is 1.81. The normalized spacial score (nSPS) is 20.8. The number of thiazole rings is 1. The van der Waals surface area contributed by atoms with E-state index in [4.69, 9.17) is 10.7 Å². The van der Waals surface area contributed by atoms with Crippen LogP contribution in [0.2, 0.25) is 0 Å². The summed E-state index contributed by atoms with van der Waals surface area (Å²) in [5, 5.41) is 3.14. The Morgan fingerprint density at radius 1 is 1.08 bits per heavy atom. The van der Waals surface area contributed by atoms with Crippen LogP contribution in [0.25, 0.3) is 10.7 Å². The van der Waals surface area contributed by atoms with E-state index < -0.39 is 0 Å². The lowest BCUT2D eigenvalue weighted by Crippen LogP contribution is -2.23. The summed E-state index contributed by atoms with van der Waals surface area (Å²) >= 11 is 1.66. The van der Waals surface area contributed by atoms with Gasteiger partial charge in [-0.05, 0) is 30.2 Å². The second-order valence-corrected chi connectivity index (χ2v) is 7.42. The van der Waals surface area contributed by atoms with Crippen LogP contribution in [0.1, 0.15) is 17.2 Å². The van der Waals surface area contributed by atoms with Gasteiger partial charge in [-0.25, -0.2) is 4.98 Å². The van der Waals surface area contributed by atoms with Gasteiger partial charge in [-0.1, -0.05) is 36.4 Å². The number of rotatable bonds is 5. The molecular formula is C20H22N4S. The second kappa shape index (κ2) is 7.44. The van der Waals surface area contributed by atoms with Gasteiger partial charge < -0.3 is 5.73 Å². The molecule has 0 saturated carbocycles. The fourth-order valence-electron chi connectivity index (χ4n) is 3.62. The molecule has 3 heterocycles. The van der Waals surface area contributed by atoms with E-state index >= 15 is 0 Å². The molecule has 0 spiro atoms. The fraction of sp³-hybridized carbons (Fsp3) is 0.300. The van der Waals surface area contributed by atoms with Crippen LogP contribution in [0.15, 0.2) is 60.1 Å². The summed E-state index contributed by atoms with van der Waals surface area (Å²) < 4.78 is 0. The number of hydrogen-bond donors (Lipinski definition) is 1. The minimum absolute atomic E-state index is 0.510. The van der Waals surface area contributed by atoms with Crippen molar-refractivity contribution in [3.8, 4) is 10.7 Å². The zero-order valence-electron chi connectivity index (χ0n) is 14.1. The Kier molecular flexibility index (Phi) is 4.88. The third kappa shape index (κ3) is 3.63. The average molecular weight is 350 g/mol. The van der Waals surface area contributed by atoms with E-state index in [1.807, 2.05) is 24.4 Å². The van der Waals surface area contributed by atoms with Crippen molar-refractivity contribution < 1.29 is 0 Å². The Morgan fingerprint density at radius 3 is 2.68 bits per heavy atom. The molecule has 128 valence electrons. The quantitative estimate of drug-likeness (QED) is 0.766. The van der Waals surface area contributed by atoms with Crippen molar-refractivity contribution in [2.75, 3.05) is 19.6 Å². The summed E-state index contributed by atoms with van der Waals surface area (Å²) in [5.41, 5.74) is 9.51. The van der Waals surface area contributed by atoms with Gasteiger partial charge in [-0.15, -0.1) is 11.3 Å². The molecule has 1 fully saturated rings. The van der Waals surface area contributed by atoms with E-state index in [1.165, 1.54) is 5.56 Å². The molecule has 4 nitrogen and oxygen atoms in total. The van der Waals surface area contributed by atoms with Crippen LogP contribution in [0, 0.1) is 5.92 Å². The molecule has 0 bridgehead atoms. The first-order chi connectivity index (χ1) is 12.3. The lowest BCUT2D eigenvalue weighted by atomic mass is 9.89. The highest BCUT2D eigenvalue weighted by atomic mass is 32.1. The number of pyridine rings is 1. The standard InChI is InChI=1S/C20H22N4S/c21-10-16-11-24(13-18(16)15-6-2-1-3-7-15)12-17-14-25-20(23-17)19-8-4-5-9-22-19/h1-9,14,16,18H,10-13,21H2/t16-,18+/m1/s1. The van der Waals surface area contributed by atoms with Gasteiger partial charge in [0.25, 0.3) is 0 Å². The molecule has 1 aliphatic heterocycles. The molecule has 4 rings (SSSR count). The minimum Gasteiger partial charge on any atom is -0.330 e. The number of nitrogens with two attached hydrogens (primary N) is 1. The molecule has 1 aromatic carbocycles. The maximum Gasteiger partial charge on any atom is 0.142 e. The average Bonchev–Trinajstić information content (AvgIpc) is 3.30. The molecule has 0 aliphatic carbocycles. The van der Waals surface area contributed by atoms with E-state index in [0.29, 0.717) is 11.8 Å². The molecule has 1 aliphatic rings. The van der Waals surface area contributed by atoms with Crippen molar-refractivity contribution in [1.82, 2.24) is 14.9 Å². The second-order valence-electron chi connectivity index (χ2n) is 6.57. The lowest BCUT2D eigenvalue weighted by Gasteiger charge is -2.16. The number of hydrogen-bond acceptors (Lipinski definition) is 5. The van der Waals surface area contributed by atoms with Crippen molar-refractivity contribution in [2.45, 2.75) is 12.5 Å². The molecule has 3 aromatic rings. The predicted molar refractivity (Wildman–Crippen MR) is 102 cm³/mol. The monoisotopic (exact) mass is 350 g/mol. The molecule has 5 heteroatoms. The van der Waals surface area contributed by atoms with Gasteiger partial charge in [0.15, 0.2) is 0 Å². The van der Waals surface area contributed by atoms with Gasteiger partial charge >= 0.3 is 0 Å². The van der Waals surface area contributed by atoms with E-state index in [0.717, 1.165) is 42.6 Å². The molecule has 2 aromatic heterocycles. The van der Waals surface area contributed by atoms with E-state index in [2.05, 4.69) is 45.6 Å². The van der Waals surface area contributed by atoms with Crippen LogP contribution >= 0.6 is 11.3 Å². The lowest BCUT2D eigenvalue weighted by molar-refractivity contribution is 0.314. The number of likely N-dealkylation sites (tertiary alicyclic amines) is 1. The van der Waals surface area contributed by atoms with Crippen LogP contribution in [-0.4, -0.2) is 34.5 Å². The Morgan fingerprint density at radius 2 is 1.92 bits per heavy atom. The van der Waals surface area contributed by atoms with E-state index in [-0.39, 0.29) is 0 Å². The molecular weight excluding hydrogens is 328 g/mol. The van der Waals surface area contributed by atoms with Gasteiger partial charge in [0.2, 0.25) is 0 Å². The highest BCUT2D eigenvalue weighted by Gasteiger charge is 2.32. The predicted octanol–water partition coefficient (Wildman–Crippen LogP) is 3.38. The highest BCUT2D eigenvalue weighted by molar-refractivity contribution is 7.13. The van der Waals surface area contributed by atoms with Gasteiger partial charge in [-0.3, -0.25) is 9.88 Å². The Bertz CT molecular complexity index is 803. The van der Waals surface area contributed by atoms with Crippen molar-refractivity contribution in [3.05, 3.63) is 71.4 Å². The summed E-state index contributed by atoms with van der Waals surface area (Å²) in [4.78, 5) is 11.6. The smallest absolute Gasteiger partial charge is 0.142 e. The van der Waals surface area contributed by atoms with Crippen LogP contribution in [0.3, 0.4) is 0 Å². The number of aromatic nitrogens is 2. The summed E-state index contributed by atoms with van der Waals surface area (Å²) in [5.74, 6) is 1.02.